The van der Waals surface area contributed by atoms with Gasteiger partial charge in [0, 0.05) is 5.03 Å². The lowest BCUT2D eigenvalue weighted by molar-refractivity contribution is -0.127. The number of carbonyl (C=O) groups is 1. The minimum atomic E-state index is -0.369. The molecule has 1 saturated heterocycles. The van der Waals surface area contributed by atoms with Gasteiger partial charge in [0.1, 0.15) is 0 Å². The van der Waals surface area contributed by atoms with Crippen LogP contribution in [0.4, 0.5) is 0 Å². The first-order valence-corrected chi connectivity index (χ1v) is 5.35. The lowest BCUT2D eigenvalue weighted by Crippen LogP contribution is -2.53. The molecular weight excluding hydrogens is 200 g/mol. The van der Waals surface area contributed by atoms with Crippen LogP contribution in [-0.4, -0.2) is 24.5 Å². The maximum atomic E-state index is 11.8. The third kappa shape index (κ3) is 2.49. The molecule has 0 spiro atoms. The van der Waals surface area contributed by atoms with Gasteiger partial charge in [0.05, 0.1) is 12.1 Å². The van der Waals surface area contributed by atoms with Crippen molar-refractivity contribution in [3.63, 3.8) is 0 Å². The van der Waals surface area contributed by atoms with Crippen LogP contribution in [0.5, 0.6) is 0 Å². The van der Waals surface area contributed by atoms with Crippen molar-refractivity contribution in [2.45, 2.75) is 31.7 Å². The van der Waals surface area contributed by atoms with Crippen LogP contribution in [0.25, 0.3) is 0 Å². The Kier molecular flexibility index (Phi) is 3.96. The second kappa shape index (κ2) is 4.80. The van der Waals surface area contributed by atoms with Crippen molar-refractivity contribution in [3.8, 4) is 0 Å². The van der Waals surface area contributed by atoms with Crippen LogP contribution in [-0.2, 0) is 4.79 Å². The molecule has 1 heterocycles. The third-order valence-corrected chi connectivity index (χ3v) is 2.86. The number of amides is 1. The van der Waals surface area contributed by atoms with E-state index in [4.69, 9.17) is 11.6 Å². The molecule has 0 radical (unpaired) electrons. The van der Waals surface area contributed by atoms with Gasteiger partial charge in [0.15, 0.2) is 0 Å². The summed E-state index contributed by atoms with van der Waals surface area (Å²) in [6, 6.07) is 0. The summed E-state index contributed by atoms with van der Waals surface area (Å²) in [5.74, 6) is 0.0410. The summed E-state index contributed by atoms with van der Waals surface area (Å²) in [4.78, 5) is 11.8. The molecule has 1 atom stereocenters. The number of rotatable bonds is 4. The monoisotopic (exact) mass is 216 g/mol. The standard InChI is InChI=1S/C10H17ClN2O/c1-3-10(5-4-6-13-10)9(14)12-7-8(2)11/h13H,2-7H2,1H3,(H,12,14). The Hall–Kier alpha value is -0.540. The Bertz CT molecular complexity index is 234. The van der Waals surface area contributed by atoms with Gasteiger partial charge in [0.2, 0.25) is 5.91 Å². The van der Waals surface area contributed by atoms with Gasteiger partial charge in [-0.3, -0.25) is 4.79 Å². The highest BCUT2D eigenvalue weighted by molar-refractivity contribution is 6.29. The summed E-state index contributed by atoms with van der Waals surface area (Å²) in [5.41, 5.74) is -0.369. The lowest BCUT2D eigenvalue weighted by atomic mass is 9.93. The molecule has 0 aromatic heterocycles. The van der Waals surface area contributed by atoms with Crippen molar-refractivity contribution in [2.75, 3.05) is 13.1 Å². The molecule has 1 aliphatic heterocycles. The molecule has 4 heteroatoms. The van der Waals surface area contributed by atoms with Crippen molar-refractivity contribution >= 4 is 17.5 Å². The SMILES string of the molecule is C=C(Cl)CNC(=O)C1(CC)CCCN1. The molecule has 14 heavy (non-hydrogen) atoms. The van der Waals surface area contributed by atoms with E-state index < -0.39 is 0 Å². The van der Waals surface area contributed by atoms with Gasteiger partial charge < -0.3 is 10.6 Å². The molecule has 0 saturated carbocycles. The number of hydrogen-bond acceptors (Lipinski definition) is 2. The molecule has 80 valence electrons. The molecule has 1 amide bonds. The highest BCUT2D eigenvalue weighted by Crippen LogP contribution is 2.22. The smallest absolute Gasteiger partial charge is 0.240 e. The predicted octanol–water partition coefficient (Wildman–Crippen LogP) is 1.39. The third-order valence-electron chi connectivity index (χ3n) is 2.72. The van der Waals surface area contributed by atoms with E-state index in [0.717, 1.165) is 25.8 Å². The largest absolute Gasteiger partial charge is 0.350 e. The van der Waals surface area contributed by atoms with Gasteiger partial charge in [-0.15, -0.1) is 0 Å². The predicted molar refractivity (Wildman–Crippen MR) is 58.3 cm³/mol. The first-order chi connectivity index (χ1) is 6.60. The molecule has 0 aromatic carbocycles. The molecule has 0 bridgehead atoms. The van der Waals surface area contributed by atoms with E-state index in [0.29, 0.717) is 11.6 Å². The van der Waals surface area contributed by atoms with Gasteiger partial charge in [-0.25, -0.2) is 0 Å². The van der Waals surface area contributed by atoms with E-state index in [1.54, 1.807) is 0 Å². The number of halogens is 1. The fourth-order valence-corrected chi connectivity index (χ4v) is 1.87. The fraction of sp³-hybridized carbons (Fsp3) is 0.700. The molecule has 0 aliphatic carbocycles. The maximum absolute atomic E-state index is 11.8. The zero-order chi connectivity index (χ0) is 10.6. The van der Waals surface area contributed by atoms with Crippen LogP contribution in [0.1, 0.15) is 26.2 Å². The number of nitrogens with one attached hydrogen (secondary N) is 2. The second-order valence-corrected chi connectivity index (χ2v) is 4.20. The summed E-state index contributed by atoms with van der Waals surface area (Å²) in [6.07, 6.45) is 2.78. The van der Waals surface area contributed by atoms with Gasteiger partial charge in [-0.2, -0.15) is 0 Å². The van der Waals surface area contributed by atoms with Crippen LogP contribution in [0.2, 0.25) is 0 Å². The fourth-order valence-electron chi connectivity index (χ4n) is 1.81. The van der Waals surface area contributed by atoms with Gasteiger partial charge in [-0.1, -0.05) is 25.1 Å². The number of carbonyl (C=O) groups excluding carboxylic acids is 1. The highest BCUT2D eigenvalue weighted by atomic mass is 35.5. The first kappa shape index (κ1) is 11.5. The second-order valence-electron chi connectivity index (χ2n) is 3.67. The average molecular weight is 217 g/mol. The summed E-state index contributed by atoms with van der Waals surface area (Å²) >= 11 is 5.59. The molecule has 1 unspecified atom stereocenters. The van der Waals surface area contributed by atoms with Crippen molar-refractivity contribution in [2.24, 2.45) is 0 Å². The molecule has 1 rings (SSSR count). The summed E-state index contributed by atoms with van der Waals surface area (Å²) in [5, 5.41) is 6.50. The Morgan fingerprint density at radius 2 is 2.43 bits per heavy atom. The maximum Gasteiger partial charge on any atom is 0.240 e. The highest BCUT2D eigenvalue weighted by Gasteiger charge is 2.38. The molecule has 2 N–H and O–H groups in total. The van der Waals surface area contributed by atoms with E-state index in [2.05, 4.69) is 17.2 Å². The Labute approximate surface area is 89.9 Å². The van der Waals surface area contributed by atoms with E-state index in [1.807, 2.05) is 6.92 Å². The minimum absolute atomic E-state index is 0.0410. The van der Waals surface area contributed by atoms with E-state index >= 15 is 0 Å². The van der Waals surface area contributed by atoms with Crippen molar-refractivity contribution in [1.29, 1.82) is 0 Å². The van der Waals surface area contributed by atoms with Crippen LogP contribution in [0.3, 0.4) is 0 Å². The van der Waals surface area contributed by atoms with Gasteiger partial charge in [0.25, 0.3) is 0 Å². The average Bonchev–Trinajstić information content (AvgIpc) is 2.63. The topological polar surface area (TPSA) is 41.1 Å². The summed E-state index contributed by atoms with van der Waals surface area (Å²) in [7, 11) is 0. The molecule has 0 aromatic rings. The van der Waals surface area contributed by atoms with Crippen LogP contribution in [0, 0.1) is 0 Å². The van der Waals surface area contributed by atoms with Crippen molar-refractivity contribution < 1.29 is 4.79 Å². The first-order valence-electron chi connectivity index (χ1n) is 4.97. The Balaban J connectivity index is 2.52. The van der Waals surface area contributed by atoms with E-state index in [9.17, 15) is 4.79 Å². The normalized spacial score (nSPS) is 26.1. The molecule has 1 fully saturated rings. The number of hydrogen-bond donors (Lipinski definition) is 2. The zero-order valence-corrected chi connectivity index (χ0v) is 9.28. The van der Waals surface area contributed by atoms with Crippen LogP contribution < -0.4 is 10.6 Å². The Morgan fingerprint density at radius 3 is 2.86 bits per heavy atom. The van der Waals surface area contributed by atoms with E-state index in [1.165, 1.54) is 0 Å². The van der Waals surface area contributed by atoms with E-state index in [-0.39, 0.29) is 11.4 Å². The van der Waals surface area contributed by atoms with Crippen LogP contribution in [0.15, 0.2) is 11.6 Å². The van der Waals surface area contributed by atoms with Crippen molar-refractivity contribution in [1.82, 2.24) is 10.6 Å². The molecule has 1 aliphatic rings. The summed E-state index contributed by atoms with van der Waals surface area (Å²) < 4.78 is 0. The summed E-state index contributed by atoms with van der Waals surface area (Å²) in [6.45, 7) is 6.82. The molecular formula is C10H17ClN2O. The zero-order valence-electron chi connectivity index (χ0n) is 8.53. The lowest BCUT2D eigenvalue weighted by Gasteiger charge is -2.26. The van der Waals surface area contributed by atoms with Crippen molar-refractivity contribution in [3.05, 3.63) is 11.6 Å². The Morgan fingerprint density at radius 1 is 1.71 bits per heavy atom. The van der Waals surface area contributed by atoms with Gasteiger partial charge >= 0.3 is 0 Å². The van der Waals surface area contributed by atoms with Gasteiger partial charge in [-0.05, 0) is 25.8 Å². The minimum Gasteiger partial charge on any atom is -0.350 e. The molecule has 3 nitrogen and oxygen atoms in total. The quantitative estimate of drug-likeness (QED) is 0.746. The van der Waals surface area contributed by atoms with Crippen LogP contribution >= 0.6 is 11.6 Å².